The number of aliphatic imine (C=N–C) groups is 2. The van der Waals surface area contributed by atoms with Gasteiger partial charge in [0.25, 0.3) is 0 Å². The normalized spacial score (nSPS) is 27.1. The van der Waals surface area contributed by atoms with Crippen LogP contribution in [-0.4, -0.2) is 54.8 Å². The van der Waals surface area contributed by atoms with Crippen molar-refractivity contribution in [2.24, 2.45) is 15.7 Å². The SMILES string of the molecule is CCN1CCCC1CN=C1NC(NC2CCCCCC2)=NC(N)N1c1ccc(F)cc1. The van der Waals surface area contributed by atoms with Crippen LogP contribution in [0.25, 0.3) is 0 Å². The summed E-state index contributed by atoms with van der Waals surface area (Å²) in [5.41, 5.74) is 7.25. The topological polar surface area (TPSA) is 81.3 Å². The summed E-state index contributed by atoms with van der Waals surface area (Å²) in [5, 5.41) is 6.96. The molecule has 2 aliphatic heterocycles. The van der Waals surface area contributed by atoms with Gasteiger partial charge in [0.05, 0.1) is 6.54 Å². The van der Waals surface area contributed by atoms with Crippen LogP contribution in [0.1, 0.15) is 58.3 Å². The van der Waals surface area contributed by atoms with Crippen LogP contribution in [0, 0.1) is 5.82 Å². The van der Waals surface area contributed by atoms with Crippen LogP contribution in [0.2, 0.25) is 0 Å². The Hall–Kier alpha value is -2.19. The zero-order valence-electron chi connectivity index (χ0n) is 18.6. The van der Waals surface area contributed by atoms with Crippen molar-refractivity contribution in [3.8, 4) is 0 Å². The molecule has 2 atom stereocenters. The number of rotatable bonds is 5. The fourth-order valence-electron chi connectivity index (χ4n) is 4.91. The predicted molar refractivity (Wildman–Crippen MR) is 125 cm³/mol. The van der Waals surface area contributed by atoms with E-state index in [9.17, 15) is 4.39 Å². The highest BCUT2D eigenvalue weighted by Crippen LogP contribution is 2.22. The van der Waals surface area contributed by atoms with Gasteiger partial charge < -0.3 is 5.32 Å². The predicted octanol–water partition coefficient (Wildman–Crippen LogP) is 2.99. The monoisotopic (exact) mass is 429 g/mol. The molecule has 4 N–H and O–H groups in total. The van der Waals surface area contributed by atoms with E-state index in [0.29, 0.717) is 30.5 Å². The van der Waals surface area contributed by atoms with Gasteiger partial charge in [0.1, 0.15) is 5.82 Å². The van der Waals surface area contributed by atoms with Gasteiger partial charge in [-0.05, 0) is 63.0 Å². The molecule has 0 amide bonds. The quantitative estimate of drug-likeness (QED) is 0.627. The van der Waals surface area contributed by atoms with Crippen molar-refractivity contribution in [2.45, 2.75) is 76.7 Å². The molecule has 2 heterocycles. The number of hydrogen-bond acceptors (Lipinski definition) is 5. The van der Waals surface area contributed by atoms with Gasteiger partial charge in [-0.2, -0.15) is 0 Å². The van der Waals surface area contributed by atoms with E-state index in [-0.39, 0.29) is 5.82 Å². The number of halogens is 1. The summed E-state index contributed by atoms with van der Waals surface area (Å²) in [4.78, 5) is 13.9. The lowest BCUT2D eigenvalue weighted by Crippen LogP contribution is -2.61. The van der Waals surface area contributed by atoms with E-state index in [1.807, 2.05) is 4.90 Å². The Bertz CT molecular complexity index is 771. The molecule has 1 saturated heterocycles. The molecule has 1 aliphatic carbocycles. The van der Waals surface area contributed by atoms with Crippen LogP contribution in [0.3, 0.4) is 0 Å². The molecule has 170 valence electrons. The van der Waals surface area contributed by atoms with Gasteiger partial charge >= 0.3 is 0 Å². The zero-order chi connectivity index (χ0) is 21.6. The van der Waals surface area contributed by atoms with Crippen LogP contribution in [0.5, 0.6) is 0 Å². The van der Waals surface area contributed by atoms with E-state index in [1.165, 1.54) is 44.2 Å². The molecule has 8 heteroatoms. The Morgan fingerprint density at radius 3 is 2.58 bits per heavy atom. The minimum absolute atomic E-state index is 0.274. The molecule has 1 saturated carbocycles. The number of guanidine groups is 2. The van der Waals surface area contributed by atoms with Gasteiger partial charge in [-0.1, -0.05) is 32.6 Å². The van der Waals surface area contributed by atoms with E-state index in [1.54, 1.807) is 12.1 Å². The molecular formula is C23H36FN7. The molecule has 0 aromatic heterocycles. The minimum Gasteiger partial charge on any atom is -0.353 e. The summed E-state index contributed by atoms with van der Waals surface area (Å²) in [6.45, 7) is 5.08. The van der Waals surface area contributed by atoms with Crippen molar-refractivity contribution in [1.29, 1.82) is 0 Å². The summed E-state index contributed by atoms with van der Waals surface area (Å²) in [6, 6.07) is 7.18. The van der Waals surface area contributed by atoms with Crippen molar-refractivity contribution in [2.75, 3.05) is 24.5 Å². The van der Waals surface area contributed by atoms with Crippen LogP contribution < -0.4 is 21.3 Å². The van der Waals surface area contributed by atoms with Gasteiger partial charge in [0, 0.05) is 17.8 Å². The summed E-state index contributed by atoms with van der Waals surface area (Å²) in [6.07, 6.45) is 9.15. The van der Waals surface area contributed by atoms with E-state index in [2.05, 4.69) is 27.4 Å². The molecule has 0 spiro atoms. The lowest BCUT2D eigenvalue weighted by molar-refractivity contribution is 0.273. The molecule has 1 aromatic rings. The Morgan fingerprint density at radius 1 is 1.13 bits per heavy atom. The highest BCUT2D eigenvalue weighted by atomic mass is 19.1. The number of likely N-dealkylation sites (N-methyl/N-ethyl adjacent to an activating group) is 1. The van der Waals surface area contributed by atoms with Gasteiger partial charge in [-0.15, -0.1) is 0 Å². The number of benzene rings is 1. The maximum absolute atomic E-state index is 13.5. The largest absolute Gasteiger partial charge is 0.353 e. The van der Waals surface area contributed by atoms with Crippen LogP contribution >= 0.6 is 0 Å². The van der Waals surface area contributed by atoms with Crippen molar-refractivity contribution in [3.05, 3.63) is 30.1 Å². The van der Waals surface area contributed by atoms with Gasteiger partial charge in [0.2, 0.25) is 11.9 Å². The molecule has 0 radical (unpaired) electrons. The minimum atomic E-state index is -0.621. The van der Waals surface area contributed by atoms with E-state index in [0.717, 1.165) is 38.0 Å². The summed E-state index contributed by atoms with van der Waals surface area (Å²) >= 11 is 0. The third-order valence-electron chi connectivity index (χ3n) is 6.64. The first-order valence-corrected chi connectivity index (χ1v) is 11.8. The molecule has 1 aromatic carbocycles. The van der Waals surface area contributed by atoms with E-state index in [4.69, 9.17) is 10.7 Å². The van der Waals surface area contributed by atoms with Gasteiger partial charge in [-0.3, -0.25) is 25.8 Å². The molecule has 31 heavy (non-hydrogen) atoms. The van der Waals surface area contributed by atoms with Crippen LogP contribution in [-0.2, 0) is 0 Å². The summed E-state index contributed by atoms with van der Waals surface area (Å²) in [7, 11) is 0. The summed E-state index contributed by atoms with van der Waals surface area (Å²) < 4.78 is 13.5. The molecule has 2 unspecified atom stereocenters. The Kier molecular flexibility index (Phi) is 7.40. The lowest BCUT2D eigenvalue weighted by Gasteiger charge is -2.36. The second-order valence-electron chi connectivity index (χ2n) is 8.78. The maximum Gasteiger partial charge on any atom is 0.208 e. The first-order chi connectivity index (χ1) is 15.1. The number of nitrogens with zero attached hydrogens (tertiary/aromatic N) is 4. The average Bonchev–Trinajstić information content (AvgIpc) is 3.07. The molecule has 3 aliphatic rings. The second-order valence-corrected chi connectivity index (χ2v) is 8.78. The number of nitrogens with two attached hydrogens (primary N) is 1. The van der Waals surface area contributed by atoms with Crippen molar-refractivity contribution in [3.63, 3.8) is 0 Å². The zero-order valence-corrected chi connectivity index (χ0v) is 18.6. The van der Waals surface area contributed by atoms with Crippen LogP contribution in [0.15, 0.2) is 34.3 Å². The molecule has 7 nitrogen and oxygen atoms in total. The number of anilines is 1. The van der Waals surface area contributed by atoms with Crippen LogP contribution in [0.4, 0.5) is 10.1 Å². The van der Waals surface area contributed by atoms with E-state index >= 15 is 0 Å². The average molecular weight is 430 g/mol. The van der Waals surface area contributed by atoms with Crippen molar-refractivity contribution >= 4 is 17.6 Å². The highest BCUT2D eigenvalue weighted by Gasteiger charge is 2.29. The molecule has 4 rings (SSSR count). The first-order valence-electron chi connectivity index (χ1n) is 11.8. The first kappa shape index (κ1) is 22.0. The maximum atomic E-state index is 13.5. The highest BCUT2D eigenvalue weighted by molar-refractivity contribution is 6.09. The standard InChI is InChI=1S/C23H36FN7/c1-2-30-15-7-10-20(30)16-26-23-29-22(27-18-8-5-3-4-6-9-18)28-21(25)31(23)19-13-11-17(24)12-14-19/h11-14,18,20-21H,2-10,15-16,25H2,1H3,(H2,26,27,28,29). The third kappa shape index (κ3) is 5.54. The van der Waals surface area contributed by atoms with E-state index < -0.39 is 6.29 Å². The smallest absolute Gasteiger partial charge is 0.208 e. The van der Waals surface area contributed by atoms with Gasteiger partial charge in [-0.25, -0.2) is 9.38 Å². The number of likely N-dealkylation sites (tertiary alicyclic amines) is 1. The Balaban J connectivity index is 1.55. The Morgan fingerprint density at radius 2 is 1.87 bits per heavy atom. The molecule has 0 bridgehead atoms. The Labute approximate surface area is 185 Å². The van der Waals surface area contributed by atoms with Crippen molar-refractivity contribution in [1.82, 2.24) is 15.5 Å². The number of hydrogen-bond donors (Lipinski definition) is 3. The lowest BCUT2D eigenvalue weighted by atomic mass is 10.1. The van der Waals surface area contributed by atoms with Crippen molar-refractivity contribution < 1.29 is 4.39 Å². The fraction of sp³-hybridized carbons (Fsp3) is 0.652. The third-order valence-corrected chi connectivity index (χ3v) is 6.64. The molecular weight excluding hydrogens is 393 g/mol. The number of nitrogens with one attached hydrogen (secondary N) is 2. The fourth-order valence-corrected chi connectivity index (χ4v) is 4.91. The van der Waals surface area contributed by atoms with Gasteiger partial charge in [0.15, 0.2) is 6.29 Å². The molecule has 2 fully saturated rings. The second kappa shape index (κ2) is 10.4. The summed E-state index contributed by atoms with van der Waals surface area (Å²) in [5.74, 6) is 1.09.